The van der Waals surface area contributed by atoms with E-state index >= 15 is 0 Å². The maximum atomic E-state index is 8.72. The first-order valence-electron chi connectivity index (χ1n) is 6.32. The molecule has 0 bridgehead atoms. The molecule has 1 heterocycles. The van der Waals surface area contributed by atoms with E-state index in [4.69, 9.17) is 15.7 Å². The van der Waals surface area contributed by atoms with Crippen molar-refractivity contribution in [2.75, 3.05) is 13.7 Å². The van der Waals surface area contributed by atoms with Crippen LogP contribution >= 0.6 is 0 Å². The summed E-state index contributed by atoms with van der Waals surface area (Å²) in [5.41, 5.74) is 7.45. The number of hydrogen-bond acceptors (Lipinski definition) is 3. The Labute approximate surface area is 112 Å². The third-order valence-corrected chi connectivity index (χ3v) is 3.17. The number of nitrogens with two attached hydrogens (primary N) is 1. The number of benzene rings is 1. The smallest absolute Gasteiger partial charge is 0.170 e. The molecule has 0 saturated heterocycles. The second kappa shape index (κ2) is 6.24. The van der Waals surface area contributed by atoms with Crippen LogP contribution in [0.25, 0.3) is 10.9 Å². The summed E-state index contributed by atoms with van der Waals surface area (Å²) in [6.07, 6.45) is 4.16. The zero-order valence-corrected chi connectivity index (χ0v) is 11.0. The van der Waals surface area contributed by atoms with E-state index in [9.17, 15) is 0 Å². The molecule has 0 aliphatic rings. The lowest BCUT2D eigenvalue weighted by Crippen LogP contribution is -2.13. The van der Waals surface area contributed by atoms with E-state index in [0.29, 0.717) is 0 Å². The summed E-state index contributed by atoms with van der Waals surface area (Å²) in [6.45, 7) is 1.72. The van der Waals surface area contributed by atoms with E-state index in [0.717, 1.165) is 42.5 Å². The number of fused-ring (bicyclic) bond motifs is 1. The van der Waals surface area contributed by atoms with E-state index < -0.39 is 0 Å². The minimum atomic E-state index is 0.133. The average molecular weight is 261 g/mol. The van der Waals surface area contributed by atoms with Gasteiger partial charge in [-0.05, 0) is 30.4 Å². The summed E-state index contributed by atoms with van der Waals surface area (Å²) >= 11 is 0. The van der Waals surface area contributed by atoms with Gasteiger partial charge in [-0.25, -0.2) is 0 Å². The Morgan fingerprint density at radius 1 is 1.37 bits per heavy atom. The predicted octanol–water partition coefficient (Wildman–Crippen LogP) is 2.16. The molecule has 0 radical (unpaired) electrons. The van der Waals surface area contributed by atoms with Gasteiger partial charge in [-0.1, -0.05) is 17.3 Å². The van der Waals surface area contributed by atoms with Crippen molar-refractivity contribution >= 4 is 16.7 Å². The molecule has 0 spiro atoms. The van der Waals surface area contributed by atoms with Gasteiger partial charge >= 0.3 is 0 Å². The molecular weight excluding hydrogens is 242 g/mol. The van der Waals surface area contributed by atoms with Gasteiger partial charge < -0.3 is 20.2 Å². The molecule has 1 aromatic carbocycles. The SMILES string of the molecule is COCCCCn1ccc2ccc(/C(N)=N/O)cc21. The molecule has 102 valence electrons. The molecule has 2 rings (SSSR count). The molecule has 0 saturated carbocycles. The van der Waals surface area contributed by atoms with E-state index in [1.807, 2.05) is 18.2 Å². The van der Waals surface area contributed by atoms with Crippen LogP contribution in [-0.2, 0) is 11.3 Å². The van der Waals surface area contributed by atoms with Crippen LogP contribution in [0.2, 0.25) is 0 Å². The van der Waals surface area contributed by atoms with Crippen LogP contribution in [0.4, 0.5) is 0 Å². The molecule has 3 N–H and O–H groups in total. The summed E-state index contributed by atoms with van der Waals surface area (Å²) in [5.74, 6) is 0.133. The predicted molar refractivity (Wildman–Crippen MR) is 75.6 cm³/mol. The van der Waals surface area contributed by atoms with Gasteiger partial charge in [0.05, 0.1) is 0 Å². The van der Waals surface area contributed by atoms with Crippen molar-refractivity contribution < 1.29 is 9.94 Å². The van der Waals surface area contributed by atoms with Crippen LogP contribution in [0, 0.1) is 0 Å². The van der Waals surface area contributed by atoms with Gasteiger partial charge in [0, 0.05) is 37.5 Å². The average Bonchev–Trinajstić information content (AvgIpc) is 2.85. The topological polar surface area (TPSA) is 72.8 Å². The first-order chi connectivity index (χ1) is 9.26. The van der Waals surface area contributed by atoms with Crippen molar-refractivity contribution in [1.82, 2.24) is 4.57 Å². The Kier molecular flexibility index (Phi) is 4.41. The number of aromatic nitrogens is 1. The van der Waals surface area contributed by atoms with Crippen molar-refractivity contribution in [3.05, 3.63) is 36.0 Å². The van der Waals surface area contributed by atoms with Gasteiger partial charge in [0.1, 0.15) is 0 Å². The molecule has 0 atom stereocenters. The first kappa shape index (κ1) is 13.4. The number of oxime groups is 1. The summed E-state index contributed by atoms with van der Waals surface area (Å²) in [4.78, 5) is 0. The number of methoxy groups -OCH3 is 1. The third-order valence-electron chi connectivity index (χ3n) is 3.17. The molecule has 0 aliphatic carbocycles. The quantitative estimate of drug-likeness (QED) is 0.275. The maximum Gasteiger partial charge on any atom is 0.170 e. The second-order valence-electron chi connectivity index (χ2n) is 4.47. The first-order valence-corrected chi connectivity index (χ1v) is 6.32. The Bertz CT molecular complexity index is 575. The van der Waals surface area contributed by atoms with Gasteiger partial charge in [0.15, 0.2) is 5.84 Å². The van der Waals surface area contributed by atoms with Crippen LogP contribution in [0.15, 0.2) is 35.6 Å². The maximum absolute atomic E-state index is 8.72. The van der Waals surface area contributed by atoms with Crippen LogP contribution in [0.1, 0.15) is 18.4 Å². The van der Waals surface area contributed by atoms with Crippen molar-refractivity contribution in [1.29, 1.82) is 0 Å². The Morgan fingerprint density at radius 3 is 2.95 bits per heavy atom. The Morgan fingerprint density at radius 2 is 2.21 bits per heavy atom. The zero-order chi connectivity index (χ0) is 13.7. The van der Waals surface area contributed by atoms with E-state index in [1.54, 1.807) is 7.11 Å². The van der Waals surface area contributed by atoms with Crippen LogP contribution < -0.4 is 5.73 Å². The fourth-order valence-electron chi connectivity index (χ4n) is 2.12. The minimum Gasteiger partial charge on any atom is -0.409 e. The number of rotatable bonds is 6. The molecule has 5 nitrogen and oxygen atoms in total. The number of hydrogen-bond donors (Lipinski definition) is 2. The van der Waals surface area contributed by atoms with Crippen molar-refractivity contribution in [3.8, 4) is 0 Å². The van der Waals surface area contributed by atoms with E-state index in [1.165, 1.54) is 0 Å². The van der Waals surface area contributed by atoms with Gasteiger partial charge in [0.25, 0.3) is 0 Å². The van der Waals surface area contributed by atoms with Crippen molar-refractivity contribution in [3.63, 3.8) is 0 Å². The molecule has 2 aromatic rings. The van der Waals surface area contributed by atoms with Crippen molar-refractivity contribution in [2.24, 2.45) is 10.9 Å². The minimum absolute atomic E-state index is 0.133. The molecule has 0 amide bonds. The second-order valence-corrected chi connectivity index (χ2v) is 4.47. The highest BCUT2D eigenvalue weighted by Gasteiger charge is 2.05. The van der Waals surface area contributed by atoms with Crippen LogP contribution in [-0.4, -0.2) is 29.3 Å². The van der Waals surface area contributed by atoms with Gasteiger partial charge in [0.2, 0.25) is 0 Å². The number of unbranched alkanes of at least 4 members (excludes halogenated alkanes) is 1. The van der Waals surface area contributed by atoms with Crippen LogP contribution in [0.5, 0.6) is 0 Å². The number of nitrogens with zero attached hydrogens (tertiary/aromatic N) is 2. The molecular formula is C14H19N3O2. The zero-order valence-electron chi connectivity index (χ0n) is 11.0. The molecule has 1 aromatic heterocycles. The summed E-state index contributed by atoms with van der Waals surface area (Å²) in [5, 5.41) is 12.9. The molecule has 0 fully saturated rings. The summed E-state index contributed by atoms with van der Waals surface area (Å²) < 4.78 is 7.22. The van der Waals surface area contributed by atoms with E-state index in [-0.39, 0.29) is 5.84 Å². The molecule has 5 heteroatoms. The number of amidine groups is 1. The lowest BCUT2D eigenvalue weighted by Gasteiger charge is -2.06. The highest BCUT2D eigenvalue weighted by molar-refractivity contribution is 6.00. The normalized spacial score (nSPS) is 12.2. The monoisotopic (exact) mass is 261 g/mol. The molecule has 19 heavy (non-hydrogen) atoms. The lowest BCUT2D eigenvalue weighted by atomic mass is 10.1. The fraction of sp³-hybridized carbons (Fsp3) is 0.357. The highest BCUT2D eigenvalue weighted by Crippen LogP contribution is 2.18. The number of ether oxygens (including phenoxy) is 1. The Hall–Kier alpha value is -2.01. The number of aryl methyl sites for hydroxylation is 1. The van der Waals surface area contributed by atoms with E-state index in [2.05, 4.69) is 22.0 Å². The van der Waals surface area contributed by atoms with Gasteiger partial charge in [-0.3, -0.25) is 0 Å². The molecule has 0 unspecified atom stereocenters. The lowest BCUT2D eigenvalue weighted by molar-refractivity contribution is 0.191. The van der Waals surface area contributed by atoms with Gasteiger partial charge in [-0.2, -0.15) is 0 Å². The third kappa shape index (κ3) is 3.06. The van der Waals surface area contributed by atoms with Crippen LogP contribution in [0.3, 0.4) is 0 Å². The highest BCUT2D eigenvalue weighted by atomic mass is 16.5. The van der Waals surface area contributed by atoms with Crippen molar-refractivity contribution in [2.45, 2.75) is 19.4 Å². The summed E-state index contributed by atoms with van der Waals surface area (Å²) in [7, 11) is 1.72. The Balaban J connectivity index is 2.20. The van der Waals surface area contributed by atoms with Gasteiger partial charge in [-0.15, -0.1) is 0 Å². The molecule has 0 aliphatic heterocycles. The standard InChI is InChI=1S/C14H19N3O2/c1-19-9-3-2-7-17-8-6-11-4-5-12(10-13(11)17)14(15)16-18/h4-6,8,10,18H,2-3,7,9H2,1H3,(H2,15,16). The fourth-order valence-corrected chi connectivity index (χ4v) is 2.12. The largest absolute Gasteiger partial charge is 0.409 e. The summed E-state index contributed by atoms with van der Waals surface area (Å²) in [6, 6.07) is 7.85.